The lowest BCUT2D eigenvalue weighted by atomic mass is 9.86. The Hall–Kier alpha value is -2.80. The summed E-state index contributed by atoms with van der Waals surface area (Å²) in [5.41, 5.74) is -0.256. The molecule has 10 heteroatoms. The second kappa shape index (κ2) is 6.76. The van der Waals surface area contributed by atoms with Crippen molar-refractivity contribution in [1.29, 1.82) is 0 Å². The lowest BCUT2D eigenvalue weighted by Gasteiger charge is -2.23. The van der Waals surface area contributed by atoms with Gasteiger partial charge in [0.1, 0.15) is 0 Å². The molecule has 1 saturated carbocycles. The molecule has 2 aromatic heterocycles. The molecule has 1 aliphatic rings. The number of rotatable bonds is 3. The molecule has 2 heterocycles. The Morgan fingerprint density at radius 2 is 2.12 bits per heavy atom. The number of hydrogen-bond acceptors (Lipinski definition) is 8. The SMILES string of the molecule is [C-]#[N+]c1nsc(N=Nc2c(O)cc(C3CCCCC3)n(N)c2=O)n1. The summed E-state index contributed by atoms with van der Waals surface area (Å²) in [6.45, 7) is 6.80. The number of pyridine rings is 1. The fourth-order valence-corrected chi connectivity index (χ4v) is 3.26. The molecule has 2 aromatic rings. The van der Waals surface area contributed by atoms with E-state index in [1.807, 2.05) is 0 Å². The van der Waals surface area contributed by atoms with Crippen LogP contribution in [0.2, 0.25) is 0 Å². The first-order valence-electron chi connectivity index (χ1n) is 7.47. The standard InChI is InChI=1S/C14H15N7O2S/c1-16-13-17-14(24-20-13)19-18-11-10(22)7-9(21(15)12(11)23)8-5-3-2-4-6-8/h7-8,22H,2-6,15H2. The van der Waals surface area contributed by atoms with E-state index in [1.54, 1.807) is 0 Å². The summed E-state index contributed by atoms with van der Waals surface area (Å²) >= 11 is 0.878. The molecule has 0 aliphatic heterocycles. The van der Waals surface area contributed by atoms with Crippen LogP contribution in [0.15, 0.2) is 21.1 Å². The molecule has 1 fully saturated rings. The second-order valence-electron chi connectivity index (χ2n) is 5.50. The van der Waals surface area contributed by atoms with Gasteiger partial charge < -0.3 is 15.8 Å². The number of azo groups is 1. The fraction of sp³-hybridized carbons (Fsp3) is 0.429. The summed E-state index contributed by atoms with van der Waals surface area (Å²) in [6, 6.07) is 1.48. The van der Waals surface area contributed by atoms with Crippen molar-refractivity contribution in [3.8, 4) is 5.75 Å². The maximum absolute atomic E-state index is 12.4. The molecular weight excluding hydrogens is 330 g/mol. The Balaban J connectivity index is 1.93. The summed E-state index contributed by atoms with van der Waals surface area (Å²) in [7, 11) is 0. The molecule has 9 nitrogen and oxygen atoms in total. The van der Waals surface area contributed by atoms with Crippen LogP contribution in [0.25, 0.3) is 4.85 Å². The van der Waals surface area contributed by atoms with Gasteiger partial charge in [-0.25, -0.2) is 4.68 Å². The van der Waals surface area contributed by atoms with Crippen molar-refractivity contribution in [2.45, 2.75) is 38.0 Å². The average molecular weight is 345 g/mol. The normalized spacial score (nSPS) is 15.6. The van der Waals surface area contributed by atoms with Gasteiger partial charge in [0.15, 0.2) is 11.4 Å². The Kier molecular flexibility index (Phi) is 4.52. The molecule has 1 aliphatic carbocycles. The average Bonchev–Trinajstić information content (AvgIpc) is 3.07. The molecule has 0 aromatic carbocycles. The molecule has 3 N–H and O–H groups in total. The van der Waals surface area contributed by atoms with Crippen LogP contribution in [0.1, 0.15) is 43.7 Å². The molecule has 0 bridgehead atoms. The maximum atomic E-state index is 12.4. The van der Waals surface area contributed by atoms with E-state index in [0.29, 0.717) is 5.69 Å². The first-order valence-corrected chi connectivity index (χ1v) is 8.24. The Morgan fingerprint density at radius 3 is 2.79 bits per heavy atom. The summed E-state index contributed by atoms with van der Waals surface area (Å²) in [6.07, 6.45) is 5.24. The van der Waals surface area contributed by atoms with E-state index < -0.39 is 5.56 Å². The number of nitrogens with zero attached hydrogens (tertiary/aromatic N) is 6. The van der Waals surface area contributed by atoms with Gasteiger partial charge in [-0.05, 0) is 12.8 Å². The molecule has 0 atom stereocenters. The highest BCUT2D eigenvalue weighted by Gasteiger charge is 2.22. The largest absolute Gasteiger partial charge is 0.505 e. The minimum atomic E-state index is -0.616. The van der Waals surface area contributed by atoms with Crippen molar-refractivity contribution < 1.29 is 5.11 Å². The third-order valence-electron chi connectivity index (χ3n) is 3.99. The first-order chi connectivity index (χ1) is 11.6. The molecule has 24 heavy (non-hydrogen) atoms. The van der Waals surface area contributed by atoms with Crippen LogP contribution in [0.3, 0.4) is 0 Å². The zero-order valence-corrected chi connectivity index (χ0v) is 13.5. The third kappa shape index (κ3) is 3.11. The highest BCUT2D eigenvalue weighted by molar-refractivity contribution is 7.09. The summed E-state index contributed by atoms with van der Waals surface area (Å²) < 4.78 is 4.77. The van der Waals surface area contributed by atoms with Crippen molar-refractivity contribution in [1.82, 2.24) is 14.0 Å². The van der Waals surface area contributed by atoms with Crippen LogP contribution in [0.5, 0.6) is 5.75 Å². The van der Waals surface area contributed by atoms with Gasteiger partial charge >= 0.3 is 16.6 Å². The topological polar surface area (TPSA) is 123 Å². The molecule has 0 saturated heterocycles. The van der Waals surface area contributed by atoms with Crippen molar-refractivity contribution in [2.24, 2.45) is 10.2 Å². The number of hydrogen-bond donors (Lipinski definition) is 2. The molecule has 0 amide bonds. The van der Waals surface area contributed by atoms with Gasteiger partial charge in [-0.3, -0.25) is 4.79 Å². The third-order valence-corrected chi connectivity index (χ3v) is 4.58. The van der Waals surface area contributed by atoms with E-state index in [0.717, 1.165) is 41.9 Å². The van der Waals surface area contributed by atoms with Crippen LogP contribution in [0.4, 0.5) is 16.8 Å². The van der Waals surface area contributed by atoms with E-state index in [-0.39, 0.29) is 28.4 Å². The second-order valence-corrected chi connectivity index (χ2v) is 6.23. The number of nitrogen functional groups attached to an aromatic ring is 1. The van der Waals surface area contributed by atoms with Gasteiger partial charge in [-0.2, -0.15) is 0 Å². The van der Waals surface area contributed by atoms with E-state index in [1.165, 1.54) is 12.5 Å². The van der Waals surface area contributed by atoms with E-state index in [9.17, 15) is 9.90 Å². The summed E-state index contributed by atoms with van der Waals surface area (Å²) in [4.78, 5) is 19.2. The van der Waals surface area contributed by atoms with Crippen LogP contribution < -0.4 is 11.4 Å². The van der Waals surface area contributed by atoms with E-state index >= 15 is 0 Å². The minimum Gasteiger partial charge on any atom is -0.505 e. The van der Waals surface area contributed by atoms with Gasteiger partial charge in [0, 0.05) is 12.0 Å². The Morgan fingerprint density at radius 1 is 1.38 bits per heavy atom. The number of aromatic hydroxyl groups is 1. The molecule has 124 valence electrons. The van der Waals surface area contributed by atoms with Crippen LogP contribution in [0, 0.1) is 6.57 Å². The Bertz CT molecular complexity index is 874. The first kappa shape index (κ1) is 16.1. The molecule has 0 radical (unpaired) electrons. The van der Waals surface area contributed by atoms with Crippen LogP contribution >= 0.6 is 11.5 Å². The lowest BCUT2D eigenvalue weighted by Crippen LogP contribution is -2.31. The van der Waals surface area contributed by atoms with Crippen molar-refractivity contribution in [2.75, 3.05) is 5.84 Å². The molecular formula is C14H15N7O2S. The summed E-state index contributed by atoms with van der Waals surface area (Å²) in [5.74, 6) is 5.77. The van der Waals surface area contributed by atoms with Gasteiger partial charge in [0.2, 0.25) is 0 Å². The lowest BCUT2D eigenvalue weighted by molar-refractivity contribution is 0.422. The van der Waals surface area contributed by atoms with Gasteiger partial charge in [-0.15, -0.1) is 16.7 Å². The molecule has 0 unspecified atom stereocenters. The smallest absolute Gasteiger partial charge is 0.386 e. The van der Waals surface area contributed by atoms with Gasteiger partial charge in [-0.1, -0.05) is 28.8 Å². The molecule has 3 rings (SSSR count). The van der Waals surface area contributed by atoms with Crippen molar-refractivity contribution >= 4 is 28.3 Å². The van der Waals surface area contributed by atoms with Crippen LogP contribution in [-0.4, -0.2) is 19.1 Å². The van der Waals surface area contributed by atoms with Gasteiger partial charge in [0.25, 0.3) is 0 Å². The van der Waals surface area contributed by atoms with Crippen molar-refractivity contribution in [3.63, 3.8) is 0 Å². The summed E-state index contributed by atoms with van der Waals surface area (Å²) in [5, 5.41) is 17.8. The maximum Gasteiger partial charge on any atom is 0.386 e. The monoisotopic (exact) mass is 345 g/mol. The predicted molar refractivity (Wildman–Crippen MR) is 88.7 cm³/mol. The fourth-order valence-electron chi connectivity index (χ4n) is 2.81. The number of nitrogens with two attached hydrogens (primary N) is 1. The Labute approximate surface area is 141 Å². The van der Waals surface area contributed by atoms with Gasteiger partial charge in [0.05, 0.1) is 17.2 Å². The number of aromatic nitrogens is 3. The van der Waals surface area contributed by atoms with E-state index in [4.69, 9.17) is 12.4 Å². The highest BCUT2D eigenvalue weighted by Crippen LogP contribution is 2.35. The highest BCUT2D eigenvalue weighted by atomic mass is 32.1. The molecule has 0 spiro atoms. The van der Waals surface area contributed by atoms with E-state index in [2.05, 4.69) is 24.4 Å². The van der Waals surface area contributed by atoms with Crippen molar-refractivity contribution in [3.05, 3.63) is 33.5 Å². The minimum absolute atomic E-state index is 0.0398. The predicted octanol–water partition coefficient (Wildman–Crippen LogP) is 3.13. The zero-order chi connectivity index (χ0) is 17.1. The zero-order valence-electron chi connectivity index (χ0n) is 12.7. The quantitative estimate of drug-likeness (QED) is 0.502. The van der Waals surface area contributed by atoms with Crippen LogP contribution in [-0.2, 0) is 0 Å².